The third-order valence-electron chi connectivity index (χ3n) is 4.23. The van der Waals surface area contributed by atoms with Crippen molar-refractivity contribution in [2.75, 3.05) is 20.2 Å². The Hall–Kier alpha value is -2.41. The largest absolute Gasteiger partial charge is 0.496 e. The second-order valence-electron chi connectivity index (χ2n) is 5.91. The number of aromatic nitrogens is 2. The second kappa shape index (κ2) is 7.44. The zero-order valence-electron chi connectivity index (χ0n) is 13.9. The van der Waals surface area contributed by atoms with Crippen LogP contribution in [0.1, 0.15) is 31.7 Å². The third-order valence-corrected chi connectivity index (χ3v) is 4.23. The maximum atomic E-state index is 12.3. The standard InChI is InChI=1S/C17H22N4O3/c1-11(19-16(22)12-7-9-18-10-8-12)17-20-15(21-24-17)13-5-3-4-6-14(13)23-2/h3-6,11-12,18H,7-10H2,1-2H3,(H,19,22). The van der Waals surface area contributed by atoms with E-state index in [0.717, 1.165) is 31.5 Å². The first-order valence-corrected chi connectivity index (χ1v) is 8.17. The topological polar surface area (TPSA) is 89.3 Å². The number of nitrogens with one attached hydrogen (secondary N) is 2. The minimum Gasteiger partial charge on any atom is -0.496 e. The second-order valence-corrected chi connectivity index (χ2v) is 5.91. The minimum absolute atomic E-state index is 0.0426. The van der Waals surface area contributed by atoms with Gasteiger partial charge in [0.05, 0.1) is 12.7 Å². The summed E-state index contributed by atoms with van der Waals surface area (Å²) < 4.78 is 10.6. The first-order chi connectivity index (χ1) is 11.7. The van der Waals surface area contributed by atoms with Crippen LogP contribution in [-0.4, -0.2) is 36.2 Å². The van der Waals surface area contributed by atoms with Crippen LogP contribution in [0.2, 0.25) is 0 Å². The van der Waals surface area contributed by atoms with E-state index in [4.69, 9.17) is 9.26 Å². The fraction of sp³-hybridized carbons (Fsp3) is 0.471. The van der Waals surface area contributed by atoms with Gasteiger partial charge in [0.25, 0.3) is 0 Å². The van der Waals surface area contributed by atoms with Gasteiger partial charge in [-0.1, -0.05) is 17.3 Å². The molecule has 7 heteroatoms. The lowest BCUT2D eigenvalue weighted by atomic mass is 9.97. The van der Waals surface area contributed by atoms with Gasteiger partial charge in [0.2, 0.25) is 17.6 Å². The summed E-state index contributed by atoms with van der Waals surface area (Å²) in [4.78, 5) is 16.7. The Morgan fingerprint density at radius 1 is 1.38 bits per heavy atom. The molecule has 1 atom stereocenters. The monoisotopic (exact) mass is 330 g/mol. The quantitative estimate of drug-likeness (QED) is 0.871. The summed E-state index contributed by atoms with van der Waals surface area (Å²) in [7, 11) is 1.60. The number of nitrogens with zero attached hydrogens (tertiary/aromatic N) is 2. The SMILES string of the molecule is COc1ccccc1-c1noc(C(C)NC(=O)C2CCNCC2)n1. The lowest BCUT2D eigenvalue weighted by Crippen LogP contribution is -2.39. The van der Waals surface area contributed by atoms with Crippen LogP contribution in [0.3, 0.4) is 0 Å². The molecule has 0 bridgehead atoms. The van der Waals surface area contributed by atoms with Crippen molar-refractivity contribution >= 4 is 5.91 Å². The van der Waals surface area contributed by atoms with Gasteiger partial charge >= 0.3 is 0 Å². The van der Waals surface area contributed by atoms with Crippen molar-refractivity contribution in [3.8, 4) is 17.1 Å². The molecular weight excluding hydrogens is 308 g/mol. The molecule has 1 fully saturated rings. The predicted octanol–water partition coefficient (Wildman–Crippen LogP) is 1.92. The highest BCUT2D eigenvalue weighted by Gasteiger charge is 2.24. The zero-order valence-corrected chi connectivity index (χ0v) is 13.9. The van der Waals surface area contributed by atoms with E-state index in [9.17, 15) is 4.79 Å². The number of carbonyl (C=O) groups excluding carboxylic acids is 1. The molecule has 0 saturated carbocycles. The summed E-state index contributed by atoms with van der Waals surface area (Å²) >= 11 is 0. The third kappa shape index (κ3) is 3.56. The van der Waals surface area contributed by atoms with Crippen molar-refractivity contribution in [2.24, 2.45) is 5.92 Å². The molecule has 24 heavy (non-hydrogen) atoms. The smallest absolute Gasteiger partial charge is 0.249 e. The Bertz CT molecular complexity index is 695. The molecule has 0 radical (unpaired) electrons. The van der Waals surface area contributed by atoms with Crippen LogP contribution in [0, 0.1) is 5.92 Å². The molecule has 1 unspecified atom stereocenters. The molecule has 3 rings (SSSR count). The van der Waals surface area contributed by atoms with Gasteiger partial charge in [-0.3, -0.25) is 4.79 Å². The molecule has 1 aliphatic rings. The predicted molar refractivity (Wildman–Crippen MR) is 88.4 cm³/mol. The molecule has 1 aromatic carbocycles. The number of hydrogen-bond donors (Lipinski definition) is 2. The van der Waals surface area contributed by atoms with E-state index in [1.165, 1.54) is 0 Å². The molecule has 1 aliphatic heterocycles. The van der Waals surface area contributed by atoms with Gasteiger partial charge in [-0.15, -0.1) is 0 Å². The fourth-order valence-electron chi connectivity index (χ4n) is 2.83. The van der Waals surface area contributed by atoms with Gasteiger partial charge in [-0.05, 0) is 45.0 Å². The first-order valence-electron chi connectivity index (χ1n) is 8.17. The summed E-state index contributed by atoms with van der Waals surface area (Å²) in [5.41, 5.74) is 0.756. The Labute approximate surface area is 140 Å². The van der Waals surface area contributed by atoms with Crippen molar-refractivity contribution in [3.05, 3.63) is 30.2 Å². The Morgan fingerprint density at radius 2 is 2.12 bits per heavy atom. The van der Waals surface area contributed by atoms with E-state index >= 15 is 0 Å². The number of benzene rings is 1. The average molecular weight is 330 g/mol. The fourth-order valence-corrected chi connectivity index (χ4v) is 2.83. The normalized spacial score (nSPS) is 16.6. The van der Waals surface area contributed by atoms with Crippen LogP contribution in [0.5, 0.6) is 5.75 Å². The lowest BCUT2D eigenvalue weighted by molar-refractivity contribution is -0.126. The Morgan fingerprint density at radius 3 is 2.88 bits per heavy atom. The summed E-state index contributed by atoms with van der Waals surface area (Å²) in [6.45, 7) is 3.61. The van der Waals surface area contributed by atoms with Crippen LogP contribution in [0.15, 0.2) is 28.8 Å². The maximum absolute atomic E-state index is 12.3. The molecule has 0 aliphatic carbocycles. The van der Waals surface area contributed by atoms with Crippen molar-refractivity contribution in [1.82, 2.24) is 20.8 Å². The highest BCUT2D eigenvalue weighted by molar-refractivity contribution is 5.79. The van der Waals surface area contributed by atoms with Crippen molar-refractivity contribution in [2.45, 2.75) is 25.8 Å². The van der Waals surface area contributed by atoms with E-state index in [1.54, 1.807) is 7.11 Å². The van der Waals surface area contributed by atoms with E-state index < -0.39 is 0 Å². The molecule has 1 amide bonds. The number of ether oxygens (including phenoxy) is 1. The number of hydrogen-bond acceptors (Lipinski definition) is 6. The molecule has 1 aromatic heterocycles. The van der Waals surface area contributed by atoms with E-state index in [1.807, 2.05) is 31.2 Å². The molecule has 7 nitrogen and oxygen atoms in total. The van der Waals surface area contributed by atoms with E-state index in [2.05, 4.69) is 20.8 Å². The first kappa shape index (κ1) is 16.4. The lowest BCUT2D eigenvalue weighted by Gasteiger charge is -2.22. The molecule has 1 saturated heterocycles. The Kier molecular flexibility index (Phi) is 5.10. The zero-order chi connectivity index (χ0) is 16.9. The summed E-state index contributed by atoms with van der Waals surface area (Å²) in [6.07, 6.45) is 1.71. The van der Waals surface area contributed by atoms with Gasteiger partial charge in [0.1, 0.15) is 11.8 Å². The van der Waals surface area contributed by atoms with Gasteiger partial charge < -0.3 is 19.9 Å². The summed E-state index contributed by atoms with van der Waals surface area (Å²) in [5, 5.41) is 10.2. The van der Waals surface area contributed by atoms with Crippen LogP contribution >= 0.6 is 0 Å². The van der Waals surface area contributed by atoms with Crippen molar-refractivity contribution < 1.29 is 14.1 Å². The van der Waals surface area contributed by atoms with Crippen molar-refractivity contribution in [3.63, 3.8) is 0 Å². The van der Waals surface area contributed by atoms with Crippen LogP contribution in [-0.2, 0) is 4.79 Å². The van der Waals surface area contributed by atoms with Gasteiger partial charge in [0.15, 0.2) is 0 Å². The summed E-state index contributed by atoms with van der Waals surface area (Å²) in [5.74, 6) is 1.60. The minimum atomic E-state index is -0.330. The molecule has 2 heterocycles. The van der Waals surface area contributed by atoms with Crippen LogP contribution in [0.25, 0.3) is 11.4 Å². The Balaban J connectivity index is 1.69. The molecule has 2 aromatic rings. The number of methoxy groups -OCH3 is 1. The summed E-state index contributed by atoms with van der Waals surface area (Å²) in [6, 6.07) is 7.14. The average Bonchev–Trinajstić information content (AvgIpc) is 3.12. The van der Waals surface area contributed by atoms with Gasteiger partial charge in [0, 0.05) is 5.92 Å². The number of piperidine rings is 1. The van der Waals surface area contributed by atoms with Gasteiger partial charge in [-0.2, -0.15) is 4.98 Å². The van der Waals surface area contributed by atoms with Crippen LogP contribution < -0.4 is 15.4 Å². The number of para-hydroxylation sites is 1. The highest BCUT2D eigenvalue weighted by Crippen LogP contribution is 2.28. The molecule has 128 valence electrons. The van der Waals surface area contributed by atoms with E-state index in [-0.39, 0.29) is 17.9 Å². The number of amides is 1. The number of rotatable bonds is 5. The highest BCUT2D eigenvalue weighted by atomic mass is 16.5. The number of carbonyl (C=O) groups is 1. The molecule has 0 spiro atoms. The molecule has 2 N–H and O–H groups in total. The van der Waals surface area contributed by atoms with Crippen molar-refractivity contribution in [1.29, 1.82) is 0 Å². The maximum Gasteiger partial charge on any atom is 0.249 e. The van der Waals surface area contributed by atoms with Crippen LogP contribution in [0.4, 0.5) is 0 Å². The molecular formula is C17H22N4O3. The van der Waals surface area contributed by atoms with Gasteiger partial charge in [-0.25, -0.2) is 0 Å². The van der Waals surface area contributed by atoms with E-state index in [0.29, 0.717) is 17.5 Å².